The lowest BCUT2D eigenvalue weighted by atomic mass is 9.81. The number of hydrogen-bond acceptors (Lipinski definition) is 2. The second-order valence-corrected chi connectivity index (χ2v) is 9.53. The summed E-state index contributed by atoms with van der Waals surface area (Å²) in [4.78, 5) is 0. The van der Waals surface area contributed by atoms with Gasteiger partial charge in [-0.2, -0.15) is 0 Å². The molecule has 2 atom stereocenters. The summed E-state index contributed by atoms with van der Waals surface area (Å²) >= 11 is 0. The van der Waals surface area contributed by atoms with E-state index in [1.807, 2.05) is 20.8 Å². The van der Waals surface area contributed by atoms with E-state index in [4.69, 9.17) is 4.78 Å². The number of nitrogens with one attached hydrogen (secondary N) is 2. The Morgan fingerprint density at radius 3 is 2.33 bits per heavy atom. The molecule has 1 aliphatic rings. The molecule has 1 saturated carbocycles. The molecule has 1 rings (SSSR count). The van der Waals surface area contributed by atoms with Crippen molar-refractivity contribution in [2.24, 2.45) is 5.41 Å². The first-order valence-electron chi connectivity index (χ1n) is 5.32. The van der Waals surface area contributed by atoms with Gasteiger partial charge in [0.05, 0.1) is 5.75 Å². The van der Waals surface area contributed by atoms with Crippen molar-refractivity contribution in [1.29, 1.82) is 4.78 Å². The summed E-state index contributed by atoms with van der Waals surface area (Å²) in [5, 5.41) is 0.287. The van der Waals surface area contributed by atoms with Gasteiger partial charge in [0.15, 0.2) is 0 Å². The van der Waals surface area contributed by atoms with Crippen LogP contribution in [0, 0.1) is 10.2 Å². The van der Waals surface area contributed by atoms with Gasteiger partial charge >= 0.3 is 0 Å². The molecule has 5 heteroatoms. The minimum absolute atomic E-state index is 0.0557. The molecule has 0 heterocycles. The molecule has 0 amide bonds. The highest BCUT2D eigenvalue weighted by Crippen LogP contribution is 2.40. The van der Waals surface area contributed by atoms with Gasteiger partial charge in [-0.1, -0.05) is 27.7 Å². The van der Waals surface area contributed by atoms with Crippen molar-refractivity contribution in [2.75, 3.05) is 5.75 Å². The van der Waals surface area contributed by atoms with Crippen LogP contribution in [0.25, 0.3) is 0 Å². The third-order valence-corrected chi connectivity index (χ3v) is 4.88. The van der Waals surface area contributed by atoms with Crippen LogP contribution in [-0.4, -0.2) is 21.2 Å². The van der Waals surface area contributed by atoms with E-state index in [2.05, 4.69) is 20.9 Å². The average Bonchev–Trinajstić information content (AvgIpc) is 1.73. The zero-order valence-corrected chi connectivity index (χ0v) is 12.1. The maximum atomic E-state index is 12.0. The molecule has 2 unspecified atom stereocenters. The van der Waals surface area contributed by atoms with Crippen LogP contribution in [0.2, 0.25) is 0 Å². The highest BCUT2D eigenvalue weighted by Gasteiger charge is 2.38. The molecule has 1 aliphatic carbocycles. The molecule has 0 aliphatic heterocycles. The summed E-state index contributed by atoms with van der Waals surface area (Å²) < 4.78 is 22.7. The lowest BCUT2D eigenvalue weighted by Gasteiger charge is -2.43. The number of hydrogen-bond donors (Lipinski definition) is 2. The molecular weight excluding hydrogens is 227 g/mol. The van der Waals surface area contributed by atoms with Gasteiger partial charge in [-0.05, 0) is 23.4 Å². The van der Waals surface area contributed by atoms with Crippen LogP contribution in [-0.2, 0) is 9.92 Å². The fourth-order valence-electron chi connectivity index (χ4n) is 2.07. The first-order valence-corrected chi connectivity index (χ1v) is 7.62. The van der Waals surface area contributed by atoms with Gasteiger partial charge in [0.2, 0.25) is 0 Å². The van der Waals surface area contributed by atoms with E-state index in [0.717, 1.165) is 12.8 Å². The highest BCUT2D eigenvalue weighted by molar-refractivity contribution is 7.90. The molecule has 1 fully saturated rings. The predicted octanol–water partition coefficient (Wildman–Crippen LogP) is 2.38. The van der Waals surface area contributed by atoms with Gasteiger partial charge in [0.1, 0.15) is 9.92 Å². The summed E-state index contributed by atoms with van der Waals surface area (Å²) in [6.07, 6.45) is 2.00. The molecule has 3 nitrogen and oxygen atoms in total. The van der Waals surface area contributed by atoms with Crippen molar-refractivity contribution < 1.29 is 4.21 Å². The van der Waals surface area contributed by atoms with Crippen LogP contribution in [0.5, 0.6) is 0 Å². The van der Waals surface area contributed by atoms with Crippen molar-refractivity contribution in [2.45, 2.75) is 51.7 Å². The van der Waals surface area contributed by atoms with Crippen LogP contribution < -0.4 is 4.72 Å². The van der Waals surface area contributed by atoms with Crippen molar-refractivity contribution in [1.82, 2.24) is 4.72 Å². The summed E-state index contributed by atoms with van der Waals surface area (Å²) in [6, 6.07) is 0.264. The Balaban J connectivity index is 2.46. The SMILES string of the molecule is CC(C)(C)CS(=N)(=O)NC1CC(C)(P)C1. The van der Waals surface area contributed by atoms with E-state index in [-0.39, 0.29) is 16.6 Å². The van der Waals surface area contributed by atoms with Crippen LogP contribution >= 0.6 is 9.24 Å². The van der Waals surface area contributed by atoms with Gasteiger partial charge in [0.25, 0.3) is 0 Å². The minimum atomic E-state index is -2.61. The second-order valence-electron chi connectivity index (χ2n) is 6.26. The molecule has 0 radical (unpaired) electrons. The Kier molecular flexibility index (Phi) is 3.55. The third kappa shape index (κ3) is 4.80. The lowest BCUT2D eigenvalue weighted by Crippen LogP contribution is -2.51. The first-order chi connectivity index (χ1) is 6.49. The van der Waals surface area contributed by atoms with Crippen molar-refractivity contribution >= 4 is 19.2 Å². The Morgan fingerprint density at radius 2 is 2.00 bits per heavy atom. The maximum Gasteiger partial charge on any atom is 0.106 e. The van der Waals surface area contributed by atoms with Gasteiger partial charge in [-0.3, -0.25) is 0 Å². The first kappa shape index (κ1) is 13.4. The predicted molar refractivity (Wildman–Crippen MR) is 69.5 cm³/mol. The van der Waals surface area contributed by atoms with Gasteiger partial charge in [-0.15, -0.1) is 9.24 Å². The zero-order chi connectivity index (χ0) is 11.9. The molecule has 0 aromatic rings. The molecule has 0 aromatic heterocycles. The van der Waals surface area contributed by atoms with Crippen LogP contribution in [0.3, 0.4) is 0 Å². The third-order valence-electron chi connectivity index (χ3n) is 2.42. The Morgan fingerprint density at radius 1 is 1.53 bits per heavy atom. The summed E-state index contributed by atoms with van der Waals surface area (Å²) in [6.45, 7) is 8.22. The van der Waals surface area contributed by atoms with E-state index < -0.39 is 9.92 Å². The molecule has 0 saturated heterocycles. The Hall–Kier alpha value is 0.340. The molecule has 90 valence electrons. The standard InChI is InChI=1S/C10H23N2OPS/c1-9(2,3)7-15(11,13)12-8-5-10(4,14)6-8/h8H,5-7,14H2,1-4H3,(H2,11,12,13). The normalized spacial score (nSPS) is 35.7. The summed E-state index contributed by atoms with van der Waals surface area (Å²) in [7, 11) is 0.209. The summed E-state index contributed by atoms with van der Waals surface area (Å²) in [5.41, 5.74) is -0.0557. The van der Waals surface area contributed by atoms with Crippen LogP contribution in [0.1, 0.15) is 40.5 Å². The molecular formula is C10H23N2OPS. The largest absolute Gasteiger partial charge is 0.240 e. The Labute approximate surface area is 96.1 Å². The molecule has 0 spiro atoms. The lowest BCUT2D eigenvalue weighted by molar-refractivity contribution is 0.307. The zero-order valence-electron chi connectivity index (χ0n) is 10.1. The second kappa shape index (κ2) is 3.97. The van der Waals surface area contributed by atoms with Crippen LogP contribution in [0.4, 0.5) is 0 Å². The van der Waals surface area contributed by atoms with Gasteiger partial charge in [0, 0.05) is 6.04 Å². The maximum absolute atomic E-state index is 12.0. The van der Waals surface area contributed by atoms with Crippen molar-refractivity contribution in [3.8, 4) is 0 Å². The summed E-state index contributed by atoms with van der Waals surface area (Å²) in [5.74, 6) is 0.421. The van der Waals surface area contributed by atoms with Crippen LogP contribution in [0.15, 0.2) is 0 Å². The molecule has 2 N–H and O–H groups in total. The highest BCUT2D eigenvalue weighted by atomic mass is 32.2. The van der Waals surface area contributed by atoms with E-state index >= 15 is 0 Å². The minimum Gasteiger partial charge on any atom is -0.240 e. The average molecular weight is 250 g/mol. The van der Waals surface area contributed by atoms with Gasteiger partial charge in [-0.25, -0.2) is 13.7 Å². The van der Waals surface area contributed by atoms with Crippen molar-refractivity contribution in [3.05, 3.63) is 0 Å². The Bertz CT molecular complexity index is 322. The van der Waals surface area contributed by atoms with E-state index in [9.17, 15) is 4.21 Å². The fraction of sp³-hybridized carbons (Fsp3) is 1.00. The monoisotopic (exact) mass is 250 g/mol. The topological polar surface area (TPSA) is 53.0 Å². The molecule has 0 bridgehead atoms. The smallest absolute Gasteiger partial charge is 0.106 e. The van der Waals surface area contributed by atoms with E-state index in [1.165, 1.54) is 0 Å². The quantitative estimate of drug-likeness (QED) is 0.742. The van der Waals surface area contributed by atoms with E-state index in [1.54, 1.807) is 0 Å². The van der Waals surface area contributed by atoms with Gasteiger partial charge < -0.3 is 0 Å². The van der Waals surface area contributed by atoms with Crippen molar-refractivity contribution in [3.63, 3.8) is 0 Å². The molecule has 15 heavy (non-hydrogen) atoms. The fourth-order valence-corrected chi connectivity index (χ4v) is 4.65. The van der Waals surface area contributed by atoms with E-state index in [0.29, 0.717) is 5.75 Å². The number of rotatable bonds is 3. The molecule has 0 aromatic carbocycles.